The Labute approximate surface area is 145 Å². The van der Waals surface area contributed by atoms with Gasteiger partial charge in [-0.05, 0) is 19.2 Å². The van der Waals surface area contributed by atoms with Crippen LogP contribution >= 0.6 is 11.3 Å². The lowest BCUT2D eigenvalue weighted by molar-refractivity contribution is 0.0736. The Morgan fingerprint density at radius 1 is 1.12 bits per heavy atom. The number of hydrogen-bond donors (Lipinski definition) is 0. The van der Waals surface area contributed by atoms with Gasteiger partial charge in [-0.2, -0.15) is 0 Å². The Kier molecular flexibility index (Phi) is 4.20. The Balaban J connectivity index is 1.48. The minimum Gasteiger partial charge on any atom is -0.346 e. The molecule has 4 rings (SSSR count). The first-order chi connectivity index (χ1) is 11.7. The smallest absolute Gasteiger partial charge is 0.254 e. The van der Waals surface area contributed by atoms with Gasteiger partial charge in [0.05, 0.1) is 12.2 Å². The fourth-order valence-electron chi connectivity index (χ4n) is 3.17. The van der Waals surface area contributed by atoms with Crippen molar-refractivity contribution >= 4 is 22.4 Å². The van der Waals surface area contributed by atoms with Crippen LogP contribution in [0.3, 0.4) is 0 Å². The second-order valence-electron chi connectivity index (χ2n) is 6.37. The third-order valence-electron chi connectivity index (χ3n) is 4.71. The van der Waals surface area contributed by atoms with Gasteiger partial charge in [-0.1, -0.05) is 11.3 Å². The van der Waals surface area contributed by atoms with Crippen molar-refractivity contribution < 1.29 is 4.79 Å². The number of hydrogen-bond acceptors (Lipinski definition) is 6. The molecule has 0 spiro atoms. The third kappa shape index (κ3) is 3.01. The number of aromatic nitrogens is 2. The number of anilines is 1. The molecule has 0 unspecified atom stereocenters. The summed E-state index contributed by atoms with van der Waals surface area (Å²) < 4.78 is 0. The van der Waals surface area contributed by atoms with E-state index < -0.39 is 0 Å². The van der Waals surface area contributed by atoms with Gasteiger partial charge in [-0.15, -0.1) is 0 Å². The van der Waals surface area contributed by atoms with Crippen LogP contribution < -0.4 is 4.90 Å². The molecule has 0 saturated carbocycles. The van der Waals surface area contributed by atoms with E-state index in [0.717, 1.165) is 44.3 Å². The molecular formula is C17H21N5OS. The lowest BCUT2D eigenvalue weighted by atomic mass is 10.1. The highest BCUT2D eigenvalue weighted by Gasteiger charge is 2.26. The number of carbonyl (C=O) groups excluding carboxylic acids is 1. The first-order valence-electron chi connectivity index (χ1n) is 8.32. The van der Waals surface area contributed by atoms with Gasteiger partial charge in [0.25, 0.3) is 5.91 Å². The van der Waals surface area contributed by atoms with Crippen molar-refractivity contribution in [1.29, 1.82) is 0 Å². The van der Waals surface area contributed by atoms with Crippen LogP contribution in [0.4, 0.5) is 5.13 Å². The number of thiazole rings is 1. The van der Waals surface area contributed by atoms with Gasteiger partial charge in [0.2, 0.25) is 0 Å². The maximum Gasteiger partial charge on any atom is 0.254 e. The van der Waals surface area contributed by atoms with E-state index in [1.54, 1.807) is 35.9 Å². The van der Waals surface area contributed by atoms with Crippen molar-refractivity contribution in [2.75, 3.05) is 44.7 Å². The molecule has 1 fully saturated rings. The van der Waals surface area contributed by atoms with Gasteiger partial charge in [0.15, 0.2) is 5.13 Å². The number of likely N-dealkylation sites (N-methyl/N-ethyl adjacent to an activating group) is 1. The van der Waals surface area contributed by atoms with Crippen LogP contribution in [-0.2, 0) is 13.0 Å². The number of piperazine rings is 1. The van der Waals surface area contributed by atoms with E-state index in [-0.39, 0.29) is 5.91 Å². The van der Waals surface area contributed by atoms with Crippen LogP contribution in [0.25, 0.3) is 0 Å². The third-order valence-corrected chi connectivity index (χ3v) is 5.85. The SMILES string of the molecule is CN1CCN(c2nc3c(s2)CN(C(=O)c2ccncc2)CC3)CC1. The van der Waals surface area contributed by atoms with E-state index in [4.69, 9.17) is 4.98 Å². The molecule has 2 aromatic heterocycles. The van der Waals surface area contributed by atoms with E-state index in [9.17, 15) is 4.79 Å². The zero-order valence-corrected chi connectivity index (χ0v) is 14.6. The summed E-state index contributed by atoms with van der Waals surface area (Å²) in [4.78, 5) is 29.3. The number of nitrogens with zero attached hydrogens (tertiary/aromatic N) is 5. The summed E-state index contributed by atoms with van der Waals surface area (Å²) in [6, 6.07) is 3.56. The van der Waals surface area contributed by atoms with E-state index in [0.29, 0.717) is 12.1 Å². The van der Waals surface area contributed by atoms with Crippen molar-refractivity contribution in [1.82, 2.24) is 19.8 Å². The topological polar surface area (TPSA) is 52.6 Å². The fraction of sp³-hybridized carbons (Fsp3) is 0.471. The lowest BCUT2D eigenvalue weighted by Gasteiger charge is -2.32. The second kappa shape index (κ2) is 6.49. The Morgan fingerprint density at radius 2 is 1.88 bits per heavy atom. The van der Waals surface area contributed by atoms with Crippen molar-refractivity contribution in [3.8, 4) is 0 Å². The summed E-state index contributed by atoms with van der Waals surface area (Å²) in [5.41, 5.74) is 1.88. The molecular weight excluding hydrogens is 322 g/mol. The number of carbonyl (C=O) groups is 1. The van der Waals surface area contributed by atoms with E-state index in [2.05, 4.69) is 21.8 Å². The molecule has 4 heterocycles. The minimum absolute atomic E-state index is 0.0811. The summed E-state index contributed by atoms with van der Waals surface area (Å²) >= 11 is 1.75. The normalized spacial score (nSPS) is 18.5. The monoisotopic (exact) mass is 343 g/mol. The molecule has 0 bridgehead atoms. The molecule has 0 N–H and O–H groups in total. The molecule has 6 nitrogen and oxygen atoms in total. The van der Waals surface area contributed by atoms with Gasteiger partial charge in [-0.25, -0.2) is 4.98 Å². The summed E-state index contributed by atoms with van der Waals surface area (Å²) in [6.45, 7) is 5.63. The highest BCUT2D eigenvalue weighted by Crippen LogP contribution is 2.31. The fourth-order valence-corrected chi connectivity index (χ4v) is 4.34. The number of fused-ring (bicyclic) bond motifs is 1. The molecule has 0 atom stereocenters. The molecule has 24 heavy (non-hydrogen) atoms. The highest BCUT2D eigenvalue weighted by atomic mass is 32.1. The summed E-state index contributed by atoms with van der Waals surface area (Å²) in [5, 5.41) is 1.12. The Morgan fingerprint density at radius 3 is 2.62 bits per heavy atom. The highest BCUT2D eigenvalue weighted by molar-refractivity contribution is 7.15. The minimum atomic E-state index is 0.0811. The Bertz CT molecular complexity index is 724. The molecule has 0 radical (unpaired) electrons. The van der Waals surface area contributed by atoms with Crippen LogP contribution in [0.5, 0.6) is 0 Å². The predicted molar refractivity (Wildman–Crippen MR) is 94.5 cm³/mol. The Hall–Kier alpha value is -1.99. The zero-order valence-electron chi connectivity index (χ0n) is 13.8. The molecule has 126 valence electrons. The van der Waals surface area contributed by atoms with Gasteiger partial charge >= 0.3 is 0 Å². The quantitative estimate of drug-likeness (QED) is 0.827. The van der Waals surface area contributed by atoms with E-state index in [1.165, 1.54) is 10.6 Å². The number of rotatable bonds is 2. The van der Waals surface area contributed by atoms with Crippen molar-refractivity contribution in [3.63, 3.8) is 0 Å². The molecule has 0 aromatic carbocycles. The maximum absolute atomic E-state index is 12.6. The molecule has 1 amide bonds. The van der Waals surface area contributed by atoms with E-state index in [1.807, 2.05) is 4.90 Å². The van der Waals surface area contributed by atoms with Crippen LogP contribution in [0.2, 0.25) is 0 Å². The van der Waals surface area contributed by atoms with Crippen LogP contribution in [0, 0.1) is 0 Å². The zero-order chi connectivity index (χ0) is 16.5. The largest absolute Gasteiger partial charge is 0.346 e. The van der Waals surface area contributed by atoms with Crippen molar-refractivity contribution in [3.05, 3.63) is 40.7 Å². The van der Waals surface area contributed by atoms with Crippen LogP contribution in [0.15, 0.2) is 24.5 Å². The summed E-state index contributed by atoms with van der Waals surface area (Å²) in [5.74, 6) is 0.0811. The average molecular weight is 343 g/mol. The molecule has 2 aliphatic rings. The lowest BCUT2D eigenvalue weighted by Crippen LogP contribution is -2.44. The molecule has 2 aliphatic heterocycles. The summed E-state index contributed by atoms with van der Waals surface area (Å²) in [7, 11) is 2.16. The second-order valence-corrected chi connectivity index (χ2v) is 7.43. The predicted octanol–water partition coefficient (Wildman–Crippen LogP) is 1.49. The number of pyridine rings is 1. The van der Waals surface area contributed by atoms with E-state index >= 15 is 0 Å². The van der Waals surface area contributed by atoms with Crippen LogP contribution in [-0.4, -0.2) is 65.4 Å². The van der Waals surface area contributed by atoms with Crippen molar-refractivity contribution in [2.45, 2.75) is 13.0 Å². The first-order valence-corrected chi connectivity index (χ1v) is 9.14. The molecule has 1 saturated heterocycles. The summed E-state index contributed by atoms with van der Waals surface area (Å²) in [6.07, 6.45) is 4.18. The first kappa shape index (κ1) is 15.5. The van der Waals surface area contributed by atoms with Crippen LogP contribution in [0.1, 0.15) is 20.9 Å². The maximum atomic E-state index is 12.6. The van der Waals surface area contributed by atoms with Crippen molar-refractivity contribution in [2.24, 2.45) is 0 Å². The molecule has 7 heteroatoms. The van der Waals surface area contributed by atoms with Gasteiger partial charge in [0, 0.05) is 62.0 Å². The molecule has 0 aliphatic carbocycles. The average Bonchev–Trinajstić information content (AvgIpc) is 3.05. The molecule has 2 aromatic rings. The standard InChI is InChI=1S/C17H21N5OS/c1-20-8-10-21(11-9-20)17-19-14-4-7-22(12-15(14)24-17)16(23)13-2-5-18-6-3-13/h2-3,5-6H,4,7-12H2,1H3. The van der Waals surface area contributed by atoms with Gasteiger partial charge < -0.3 is 14.7 Å². The number of amides is 1. The van der Waals surface area contributed by atoms with Gasteiger partial charge in [-0.3, -0.25) is 9.78 Å². The van der Waals surface area contributed by atoms with Gasteiger partial charge in [0.1, 0.15) is 0 Å².